The zero-order valence-corrected chi connectivity index (χ0v) is 24.5. The number of nitrogens with zero attached hydrogens (tertiary/aromatic N) is 3. The van der Waals surface area contributed by atoms with Crippen LogP contribution >= 0.6 is 11.6 Å². The van der Waals surface area contributed by atoms with Crippen LogP contribution in [-0.4, -0.2) is 28.5 Å². The lowest BCUT2D eigenvalue weighted by molar-refractivity contribution is 0.0979. The lowest BCUT2D eigenvalue weighted by Crippen LogP contribution is -2.25. The quantitative estimate of drug-likeness (QED) is 0.204. The summed E-state index contributed by atoms with van der Waals surface area (Å²) in [6, 6.07) is 15.2. The van der Waals surface area contributed by atoms with Crippen LogP contribution < -0.4 is 10.8 Å². The molecule has 0 amide bonds. The van der Waals surface area contributed by atoms with Crippen LogP contribution in [0.25, 0.3) is 16.8 Å². The highest BCUT2D eigenvalue weighted by molar-refractivity contribution is 7.89. The number of primary sulfonamides is 1. The number of hydrogen-bond donors (Lipinski definition) is 1. The second kappa shape index (κ2) is 12.9. The number of Topliss-reactive ketones (excluding diaryl/α,β-unsaturated/α-hetero) is 1. The highest BCUT2D eigenvalue weighted by Gasteiger charge is 2.20. The SMILES string of the molecule is CCCCC(=O)c1ccc(Cl)c(-n2nc(CCCC)n(Cc3ccc(-c4ccccc4S(N)(=O)=O)cc3F)c2=O)c1. The summed E-state index contributed by atoms with van der Waals surface area (Å²) in [7, 11) is -4.02. The number of hydrogen-bond acceptors (Lipinski definition) is 5. The summed E-state index contributed by atoms with van der Waals surface area (Å²) in [5.74, 6) is -0.206. The first-order valence-electron chi connectivity index (χ1n) is 13.5. The summed E-state index contributed by atoms with van der Waals surface area (Å²) in [6.45, 7) is 3.91. The smallest absolute Gasteiger partial charge is 0.294 e. The number of ketones is 1. The number of carbonyl (C=O) groups excluding carboxylic acids is 1. The van der Waals surface area contributed by atoms with Gasteiger partial charge in [-0.3, -0.25) is 9.36 Å². The molecular formula is C30H32ClFN4O4S. The fraction of sp³-hybridized carbons (Fsp3) is 0.300. The molecule has 41 heavy (non-hydrogen) atoms. The Kier molecular flexibility index (Phi) is 9.57. The molecule has 0 spiro atoms. The number of rotatable bonds is 12. The van der Waals surface area contributed by atoms with Crippen LogP contribution in [0.5, 0.6) is 0 Å². The van der Waals surface area contributed by atoms with Crippen molar-refractivity contribution in [2.45, 2.75) is 63.8 Å². The van der Waals surface area contributed by atoms with Crippen LogP contribution in [0.2, 0.25) is 5.02 Å². The second-order valence-electron chi connectivity index (χ2n) is 9.84. The molecule has 0 saturated heterocycles. The van der Waals surface area contributed by atoms with Gasteiger partial charge in [0.15, 0.2) is 5.78 Å². The monoisotopic (exact) mass is 598 g/mol. The van der Waals surface area contributed by atoms with Crippen LogP contribution in [-0.2, 0) is 23.0 Å². The fourth-order valence-corrected chi connectivity index (χ4v) is 5.53. The molecule has 0 aliphatic carbocycles. The van der Waals surface area contributed by atoms with Crippen molar-refractivity contribution in [3.05, 3.63) is 98.9 Å². The molecule has 0 fully saturated rings. The number of nitrogens with two attached hydrogens (primary N) is 1. The van der Waals surface area contributed by atoms with E-state index in [9.17, 15) is 18.0 Å². The molecule has 3 aromatic carbocycles. The first-order chi connectivity index (χ1) is 19.5. The van der Waals surface area contributed by atoms with Crippen molar-refractivity contribution in [2.24, 2.45) is 5.14 Å². The van der Waals surface area contributed by atoms with Crippen LogP contribution in [0.4, 0.5) is 4.39 Å². The van der Waals surface area contributed by atoms with Gasteiger partial charge in [0, 0.05) is 29.5 Å². The van der Waals surface area contributed by atoms with E-state index in [-0.39, 0.29) is 39.1 Å². The topological polar surface area (TPSA) is 117 Å². The van der Waals surface area contributed by atoms with Crippen molar-refractivity contribution >= 4 is 27.4 Å². The number of halogens is 2. The van der Waals surface area contributed by atoms with Crippen molar-refractivity contribution in [2.75, 3.05) is 0 Å². The van der Waals surface area contributed by atoms with Crippen molar-refractivity contribution in [1.82, 2.24) is 14.3 Å². The minimum atomic E-state index is -4.02. The molecular weight excluding hydrogens is 567 g/mol. The fourth-order valence-electron chi connectivity index (χ4n) is 4.57. The average Bonchev–Trinajstić information content (AvgIpc) is 3.25. The summed E-state index contributed by atoms with van der Waals surface area (Å²) in [6.07, 6.45) is 4.12. The summed E-state index contributed by atoms with van der Waals surface area (Å²) in [5.41, 5.74) is 1.04. The summed E-state index contributed by atoms with van der Waals surface area (Å²) in [5, 5.41) is 10.1. The molecule has 1 aromatic heterocycles. The Balaban J connectivity index is 1.74. The number of aryl methyl sites for hydroxylation is 1. The summed E-state index contributed by atoms with van der Waals surface area (Å²) < 4.78 is 42.1. The lowest BCUT2D eigenvalue weighted by atomic mass is 10.0. The number of unbranched alkanes of at least 4 members (excludes halogenated alkanes) is 2. The van der Waals surface area contributed by atoms with E-state index in [0.717, 1.165) is 25.7 Å². The Labute approximate surface area is 243 Å². The van der Waals surface area contributed by atoms with Crippen molar-refractivity contribution in [1.29, 1.82) is 0 Å². The van der Waals surface area contributed by atoms with Gasteiger partial charge < -0.3 is 0 Å². The summed E-state index contributed by atoms with van der Waals surface area (Å²) >= 11 is 6.45. The van der Waals surface area contributed by atoms with Gasteiger partial charge in [0.05, 0.1) is 22.2 Å². The second-order valence-corrected chi connectivity index (χ2v) is 11.8. The maximum atomic E-state index is 15.4. The van der Waals surface area contributed by atoms with E-state index in [1.807, 2.05) is 13.8 Å². The van der Waals surface area contributed by atoms with E-state index in [1.165, 1.54) is 27.4 Å². The Bertz CT molecular complexity index is 1750. The Morgan fingerprint density at radius 1 is 1.02 bits per heavy atom. The Morgan fingerprint density at radius 2 is 1.76 bits per heavy atom. The Hall–Kier alpha value is -3.60. The number of sulfonamides is 1. The highest BCUT2D eigenvalue weighted by atomic mass is 35.5. The van der Waals surface area contributed by atoms with Gasteiger partial charge in [-0.05, 0) is 48.7 Å². The average molecular weight is 599 g/mol. The van der Waals surface area contributed by atoms with Crippen molar-refractivity contribution in [3.8, 4) is 16.8 Å². The third kappa shape index (κ3) is 6.83. The van der Waals surface area contributed by atoms with E-state index in [1.54, 1.807) is 42.5 Å². The van der Waals surface area contributed by atoms with Crippen LogP contribution in [0, 0.1) is 5.82 Å². The van der Waals surface area contributed by atoms with Gasteiger partial charge in [-0.15, -0.1) is 5.10 Å². The first-order valence-corrected chi connectivity index (χ1v) is 15.4. The van der Waals surface area contributed by atoms with Gasteiger partial charge >= 0.3 is 5.69 Å². The van der Waals surface area contributed by atoms with E-state index in [4.69, 9.17) is 16.7 Å². The van der Waals surface area contributed by atoms with Gasteiger partial charge in [0.2, 0.25) is 10.0 Å². The Morgan fingerprint density at radius 3 is 2.44 bits per heavy atom. The molecule has 0 atom stereocenters. The molecule has 11 heteroatoms. The highest BCUT2D eigenvalue weighted by Crippen LogP contribution is 2.28. The predicted molar refractivity (Wildman–Crippen MR) is 158 cm³/mol. The molecule has 0 saturated carbocycles. The molecule has 1 heterocycles. The lowest BCUT2D eigenvalue weighted by Gasteiger charge is -2.11. The summed E-state index contributed by atoms with van der Waals surface area (Å²) in [4.78, 5) is 26.2. The van der Waals surface area contributed by atoms with Gasteiger partial charge in [0.25, 0.3) is 0 Å². The zero-order chi connectivity index (χ0) is 29.7. The molecule has 8 nitrogen and oxygen atoms in total. The molecule has 0 aliphatic rings. The molecule has 0 bridgehead atoms. The van der Waals surface area contributed by atoms with Crippen molar-refractivity contribution in [3.63, 3.8) is 0 Å². The molecule has 216 valence electrons. The normalized spacial score (nSPS) is 11.6. The largest absolute Gasteiger partial charge is 0.351 e. The van der Waals surface area contributed by atoms with E-state index in [2.05, 4.69) is 5.10 Å². The number of aromatic nitrogens is 3. The zero-order valence-electron chi connectivity index (χ0n) is 22.9. The molecule has 2 N–H and O–H groups in total. The van der Waals surface area contributed by atoms with Crippen molar-refractivity contribution < 1.29 is 17.6 Å². The van der Waals surface area contributed by atoms with Gasteiger partial charge in [0.1, 0.15) is 11.6 Å². The van der Waals surface area contributed by atoms with Crippen LogP contribution in [0.3, 0.4) is 0 Å². The first kappa shape index (κ1) is 30.4. The van der Waals surface area contributed by atoms with Gasteiger partial charge in [-0.2, -0.15) is 4.68 Å². The molecule has 4 aromatic rings. The molecule has 0 aliphatic heterocycles. The minimum Gasteiger partial charge on any atom is -0.294 e. The standard InChI is InChI=1S/C30H32ClFN4O4S/c1-3-5-10-27(37)21-15-16-24(31)26(18-21)36-30(38)35(29(34-36)12-6-4-2)19-22-14-13-20(17-25(22)32)23-9-7-8-11-28(23)41(33,39)40/h7-9,11,13-18H,3-6,10,12,19H2,1-2H3,(H2,33,39,40). The van der Waals surface area contributed by atoms with Gasteiger partial charge in [-0.1, -0.05) is 68.6 Å². The predicted octanol–water partition coefficient (Wildman–Crippen LogP) is 5.90. The minimum absolute atomic E-state index is 0.0466. The third-order valence-electron chi connectivity index (χ3n) is 6.83. The van der Waals surface area contributed by atoms with E-state index >= 15 is 4.39 Å². The van der Waals surface area contributed by atoms with Gasteiger partial charge in [-0.25, -0.2) is 22.7 Å². The third-order valence-corrected chi connectivity index (χ3v) is 8.12. The van der Waals surface area contributed by atoms with Crippen LogP contribution in [0.1, 0.15) is 67.7 Å². The number of carbonyl (C=O) groups is 1. The molecule has 0 unspecified atom stereocenters. The van der Waals surface area contributed by atoms with E-state index in [0.29, 0.717) is 29.8 Å². The van der Waals surface area contributed by atoms with Crippen LogP contribution in [0.15, 0.2) is 70.4 Å². The maximum Gasteiger partial charge on any atom is 0.351 e. The van der Waals surface area contributed by atoms with E-state index < -0.39 is 21.5 Å². The molecule has 4 rings (SSSR count). The molecule has 0 radical (unpaired) electrons. The maximum absolute atomic E-state index is 15.4. The number of benzene rings is 3.